The Bertz CT molecular complexity index is 670. The molecule has 0 N–H and O–H groups in total. The highest BCUT2D eigenvalue weighted by molar-refractivity contribution is 7.09. The van der Waals surface area contributed by atoms with Gasteiger partial charge < -0.3 is 9.64 Å². The Morgan fingerprint density at radius 2 is 2.23 bits per heavy atom. The Balaban J connectivity index is 1.62. The molecule has 3 rings (SSSR count). The van der Waals surface area contributed by atoms with Crippen LogP contribution in [0.5, 0.6) is 5.75 Å². The van der Waals surface area contributed by atoms with Gasteiger partial charge in [-0.2, -0.15) is 0 Å². The molecule has 0 bridgehead atoms. The Kier molecular flexibility index (Phi) is 4.38. The highest BCUT2D eigenvalue weighted by Gasteiger charge is 2.33. The largest absolute Gasteiger partial charge is 0.481 e. The smallest absolute Gasteiger partial charge is 0.261 e. The number of ether oxygens (including phenoxy) is 1. The van der Waals surface area contributed by atoms with Crippen LogP contribution in [-0.4, -0.2) is 28.4 Å². The topological polar surface area (TPSA) is 42.4 Å². The molecule has 0 unspecified atom stereocenters. The third-order valence-electron chi connectivity index (χ3n) is 3.49. The Morgan fingerprint density at radius 1 is 1.45 bits per heavy atom. The van der Waals surface area contributed by atoms with Crippen molar-refractivity contribution in [3.63, 3.8) is 0 Å². The summed E-state index contributed by atoms with van der Waals surface area (Å²) < 4.78 is 18.8. The Hall–Kier alpha value is -1.95. The van der Waals surface area contributed by atoms with Gasteiger partial charge in [0.15, 0.2) is 18.2 Å². The number of aryl methyl sites for hydroxylation is 1. The lowest BCUT2D eigenvalue weighted by Gasteiger charge is -2.21. The molecular weight excluding hydrogens is 303 g/mol. The molecule has 0 spiro atoms. The summed E-state index contributed by atoms with van der Waals surface area (Å²) in [4.78, 5) is 18.6. The number of hydrogen-bond acceptors (Lipinski definition) is 4. The number of halogens is 1. The van der Waals surface area contributed by atoms with Gasteiger partial charge in [-0.25, -0.2) is 9.37 Å². The van der Waals surface area contributed by atoms with Crippen molar-refractivity contribution in [2.75, 3.05) is 6.61 Å². The van der Waals surface area contributed by atoms with Crippen molar-refractivity contribution in [3.8, 4) is 5.75 Å². The second-order valence-electron chi connectivity index (χ2n) is 5.33. The van der Waals surface area contributed by atoms with Crippen molar-refractivity contribution in [2.24, 2.45) is 0 Å². The zero-order valence-corrected chi connectivity index (χ0v) is 13.1. The van der Waals surface area contributed by atoms with Crippen LogP contribution < -0.4 is 4.74 Å². The summed E-state index contributed by atoms with van der Waals surface area (Å²) >= 11 is 1.57. The molecule has 0 saturated heterocycles. The van der Waals surface area contributed by atoms with Gasteiger partial charge in [0.1, 0.15) is 0 Å². The molecule has 1 fully saturated rings. The third kappa shape index (κ3) is 3.62. The van der Waals surface area contributed by atoms with Crippen molar-refractivity contribution in [3.05, 3.63) is 46.2 Å². The van der Waals surface area contributed by atoms with E-state index in [0.717, 1.165) is 23.5 Å². The molecule has 0 atom stereocenters. The summed E-state index contributed by atoms with van der Waals surface area (Å²) in [6.07, 6.45) is 2.02. The SMILES string of the molecule is Cc1nc(CN(C(=O)COc2ccccc2F)C2CC2)cs1. The van der Waals surface area contributed by atoms with E-state index in [0.29, 0.717) is 6.54 Å². The first kappa shape index (κ1) is 15.0. The molecule has 1 saturated carbocycles. The van der Waals surface area contributed by atoms with E-state index in [4.69, 9.17) is 4.74 Å². The number of benzene rings is 1. The number of rotatable bonds is 6. The van der Waals surface area contributed by atoms with Gasteiger partial charge in [0.25, 0.3) is 5.91 Å². The quantitative estimate of drug-likeness (QED) is 0.821. The fraction of sp³-hybridized carbons (Fsp3) is 0.375. The molecule has 0 radical (unpaired) electrons. The second-order valence-corrected chi connectivity index (χ2v) is 6.39. The molecule has 1 aliphatic rings. The van der Waals surface area contributed by atoms with Crippen LogP contribution >= 0.6 is 11.3 Å². The molecule has 1 aliphatic carbocycles. The highest BCUT2D eigenvalue weighted by atomic mass is 32.1. The lowest BCUT2D eigenvalue weighted by Crippen LogP contribution is -2.36. The minimum atomic E-state index is -0.455. The number of nitrogens with zero attached hydrogens (tertiary/aromatic N) is 2. The van der Waals surface area contributed by atoms with Crippen molar-refractivity contribution in [1.82, 2.24) is 9.88 Å². The lowest BCUT2D eigenvalue weighted by atomic mass is 10.3. The van der Waals surface area contributed by atoms with Gasteiger partial charge in [-0.3, -0.25) is 4.79 Å². The number of hydrogen-bond donors (Lipinski definition) is 0. The van der Waals surface area contributed by atoms with E-state index in [1.807, 2.05) is 12.3 Å². The van der Waals surface area contributed by atoms with Gasteiger partial charge in [0.05, 0.1) is 17.2 Å². The molecule has 22 heavy (non-hydrogen) atoms. The zero-order chi connectivity index (χ0) is 15.5. The van der Waals surface area contributed by atoms with Gasteiger partial charge in [-0.15, -0.1) is 11.3 Å². The molecular formula is C16H17FN2O2S. The van der Waals surface area contributed by atoms with Crippen molar-refractivity contribution >= 4 is 17.2 Å². The zero-order valence-electron chi connectivity index (χ0n) is 12.3. The van der Waals surface area contributed by atoms with E-state index < -0.39 is 5.82 Å². The highest BCUT2D eigenvalue weighted by Crippen LogP contribution is 2.29. The van der Waals surface area contributed by atoms with Gasteiger partial charge in [-0.1, -0.05) is 12.1 Å². The van der Waals surface area contributed by atoms with Crippen LogP contribution in [0.1, 0.15) is 23.5 Å². The number of carbonyl (C=O) groups excluding carboxylic acids is 1. The normalized spacial score (nSPS) is 13.9. The van der Waals surface area contributed by atoms with Crippen LogP contribution in [0.4, 0.5) is 4.39 Å². The molecule has 1 amide bonds. The summed E-state index contributed by atoms with van der Waals surface area (Å²) in [7, 11) is 0. The second kappa shape index (κ2) is 6.44. The standard InChI is InChI=1S/C16H17FN2O2S/c1-11-18-12(10-22-11)8-19(13-6-7-13)16(20)9-21-15-5-3-2-4-14(15)17/h2-5,10,13H,6-9H2,1H3. The van der Waals surface area contributed by atoms with E-state index in [9.17, 15) is 9.18 Å². The van der Waals surface area contributed by atoms with Gasteiger partial charge in [0.2, 0.25) is 0 Å². The van der Waals surface area contributed by atoms with E-state index in [1.165, 1.54) is 12.1 Å². The van der Waals surface area contributed by atoms with E-state index >= 15 is 0 Å². The van der Waals surface area contributed by atoms with Crippen LogP contribution in [0.2, 0.25) is 0 Å². The maximum Gasteiger partial charge on any atom is 0.261 e. The lowest BCUT2D eigenvalue weighted by molar-refractivity contribution is -0.134. The number of amides is 1. The number of thiazole rings is 1. The average Bonchev–Trinajstić information content (AvgIpc) is 3.26. The average molecular weight is 320 g/mol. The summed E-state index contributed by atoms with van der Waals surface area (Å²) in [6.45, 7) is 2.29. The number of carbonyl (C=O) groups is 1. The van der Waals surface area contributed by atoms with Gasteiger partial charge >= 0.3 is 0 Å². The van der Waals surface area contributed by atoms with Crippen LogP contribution in [0.15, 0.2) is 29.6 Å². The molecule has 1 aromatic heterocycles. The van der Waals surface area contributed by atoms with E-state index in [2.05, 4.69) is 4.98 Å². The fourth-order valence-electron chi connectivity index (χ4n) is 2.25. The maximum absolute atomic E-state index is 13.5. The first-order chi connectivity index (χ1) is 10.6. The number of aromatic nitrogens is 1. The van der Waals surface area contributed by atoms with Crippen molar-refractivity contribution < 1.29 is 13.9 Å². The van der Waals surface area contributed by atoms with E-state index in [-0.39, 0.29) is 24.3 Å². The van der Waals surface area contributed by atoms with Crippen LogP contribution in [0.3, 0.4) is 0 Å². The summed E-state index contributed by atoms with van der Waals surface area (Å²) in [6, 6.07) is 6.37. The molecule has 116 valence electrons. The molecule has 4 nitrogen and oxygen atoms in total. The maximum atomic E-state index is 13.5. The summed E-state index contributed by atoms with van der Waals surface area (Å²) in [5, 5.41) is 2.95. The van der Waals surface area contributed by atoms with Crippen molar-refractivity contribution in [2.45, 2.75) is 32.4 Å². The molecule has 1 heterocycles. The van der Waals surface area contributed by atoms with Crippen LogP contribution in [0.25, 0.3) is 0 Å². The molecule has 0 aliphatic heterocycles. The minimum absolute atomic E-state index is 0.107. The predicted molar refractivity (Wildman–Crippen MR) is 82.3 cm³/mol. The predicted octanol–water partition coefficient (Wildman–Crippen LogP) is 3.16. The summed E-state index contributed by atoms with van der Waals surface area (Å²) in [5.41, 5.74) is 0.897. The minimum Gasteiger partial charge on any atom is -0.481 e. The van der Waals surface area contributed by atoms with Crippen LogP contribution in [-0.2, 0) is 11.3 Å². The van der Waals surface area contributed by atoms with Crippen LogP contribution in [0, 0.1) is 12.7 Å². The van der Waals surface area contributed by atoms with E-state index in [1.54, 1.807) is 28.4 Å². The first-order valence-corrected chi connectivity index (χ1v) is 8.09. The number of para-hydroxylation sites is 1. The Labute approximate surface area is 132 Å². The van der Waals surface area contributed by atoms with Crippen molar-refractivity contribution in [1.29, 1.82) is 0 Å². The first-order valence-electron chi connectivity index (χ1n) is 7.21. The van der Waals surface area contributed by atoms with Gasteiger partial charge in [-0.05, 0) is 31.9 Å². The summed E-state index contributed by atoms with van der Waals surface area (Å²) in [5.74, 6) is -0.476. The monoisotopic (exact) mass is 320 g/mol. The van der Waals surface area contributed by atoms with Gasteiger partial charge in [0, 0.05) is 11.4 Å². The third-order valence-corrected chi connectivity index (χ3v) is 4.32. The molecule has 6 heteroatoms. The Morgan fingerprint density at radius 3 is 2.86 bits per heavy atom. The molecule has 1 aromatic carbocycles. The fourth-order valence-corrected chi connectivity index (χ4v) is 2.85. The molecule has 2 aromatic rings.